The molecule has 1 aromatic heterocycles. The third kappa shape index (κ3) is 9.39. The Morgan fingerprint density at radius 2 is 1.35 bits per heavy atom. The Morgan fingerprint density at radius 1 is 0.800 bits per heavy atom. The minimum atomic E-state index is -1.83. The number of primary amides is 1. The number of fused-ring (bicyclic) bond motifs is 1. The van der Waals surface area contributed by atoms with Crippen molar-refractivity contribution in [2.24, 2.45) is 11.5 Å². The van der Waals surface area contributed by atoms with Gasteiger partial charge in [-0.3, -0.25) is 28.8 Å². The minimum Gasteiger partial charge on any atom is -0.481 e. The Kier molecular flexibility index (Phi) is 11.1. The van der Waals surface area contributed by atoms with Gasteiger partial charge >= 0.3 is 17.9 Å². The smallest absolute Gasteiger partial charge is 0.326 e. The molecule has 0 fully saturated rings. The fourth-order valence-corrected chi connectivity index (χ4v) is 3.74. The minimum absolute atomic E-state index is 0.172. The Hall–Kier alpha value is -4.99. The zero-order chi connectivity index (χ0) is 30.0. The van der Waals surface area contributed by atoms with E-state index in [0.29, 0.717) is 16.5 Å². The van der Waals surface area contributed by atoms with Gasteiger partial charge in [-0.2, -0.15) is 0 Å². The van der Waals surface area contributed by atoms with E-state index in [0.717, 1.165) is 0 Å². The number of aliphatic carboxylic acids is 3. The van der Waals surface area contributed by atoms with Crippen molar-refractivity contribution in [2.75, 3.05) is 0 Å². The van der Waals surface area contributed by atoms with Crippen LogP contribution in [0.2, 0.25) is 0 Å². The molecule has 4 atom stereocenters. The lowest BCUT2D eigenvalue weighted by atomic mass is 10.0. The van der Waals surface area contributed by atoms with Gasteiger partial charge in [-0.1, -0.05) is 18.2 Å². The van der Waals surface area contributed by atoms with Gasteiger partial charge in [0, 0.05) is 29.9 Å². The summed E-state index contributed by atoms with van der Waals surface area (Å²) in [6, 6.07) is 0.602. The van der Waals surface area contributed by atoms with Crippen molar-refractivity contribution in [1.29, 1.82) is 0 Å². The van der Waals surface area contributed by atoms with E-state index in [9.17, 15) is 43.8 Å². The first-order chi connectivity index (χ1) is 18.8. The van der Waals surface area contributed by atoms with Crippen LogP contribution in [-0.4, -0.2) is 86.0 Å². The van der Waals surface area contributed by atoms with Gasteiger partial charge < -0.3 is 47.7 Å². The molecular formula is C24H30N6O10. The molecule has 16 nitrogen and oxygen atoms in total. The quantitative estimate of drug-likeness (QED) is 0.106. The van der Waals surface area contributed by atoms with Gasteiger partial charge in [-0.25, -0.2) is 4.79 Å². The number of aromatic nitrogens is 1. The Labute approximate surface area is 226 Å². The number of H-pyrrole nitrogens is 1. The van der Waals surface area contributed by atoms with Gasteiger partial charge in [0.1, 0.15) is 18.1 Å². The highest BCUT2D eigenvalue weighted by Gasteiger charge is 2.32. The molecule has 0 aliphatic rings. The summed E-state index contributed by atoms with van der Waals surface area (Å²) in [5.74, 6) is -8.45. The Morgan fingerprint density at radius 3 is 1.95 bits per heavy atom. The van der Waals surface area contributed by atoms with Gasteiger partial charge in [-0.15, -0.1) is 0 Å². The number of carboxylic acids is 3. The van der Waals surface area contributed by atoms with Crippen LogP contribution >= 0.6 is 0 Å². The van der Waals surface area contributed by atoms with E-state index >= 15 is 0 Å². The zero-order valence-corrected chi connectivity index (χ0v) is 21.1. The van der Waals surface area contributed by atoms with Crippen molar-refractivity contribution in [1.82, 2.24) is 20.9 Å². The Balaban J connectivity index is 2.31. The summed E-state index contributed by atoms with van der Waals surface area (Å²) < 4.78 is 0. The lowest BCUT2D eigenvalue weighted by molar-refractivity contribution is -0.147. The fraction of sp³-hybridized carbons (Fsp3) is 0.375. The molecule has 4 amide bonds. The van der Waals surface area contributed by atoms with E-state index in [1.807, 2.05) is 0 Å². The van der Waals surface area contributed by atoms with Crippen LogP contribution < -0.4 is 27.4 Å². The molecule has 216 valence electrons. The summed E-state index contributed by atoms with van der Waals surface area (Å²) >= 11 is 0. The Bertz CT molecular complexity index is 1290. The number of amides is 4. The number of rotatable bonds is 16. The molecule has 40 heavy (non-hydrogen) atoms. The largest absolute Gasteiger partial charge is 0.481 e. The lowest BCUT2D eigenvalue weighted by Crippen LogP contribution is -2.58. The summed E-state index contributed by atoms with van der Waals surface area (Å²) in [5, 5.41) is 34.8. The molecule has 0 spiro atoms. The molecule has 0 bridgehead atoms. The van der Waals surface area contributed by atoms with E-state index < -0.39 is 78.5 Å². The highest BCUT2D eigenvalue weighted by atomic mass is 16.4. The van der Waals surface area contributed by atoms with E-state index in [1.165, 1.54) is 0 Å². The number of benzene rings is 1. The SMILES string of the molecule is NC(=O)CCC(N)C(=O)NC(CC(=O)O)C(=O)NC(Cc1c[nH]c2ccccc12)C(=O)NC(CC(=O)O)C(=O)O. The van der Waals surface area contributed by atoms with Crippen LogP contribution in [0.3, 0.4) is 0 Å². The first-order valence-electron chi connectivity index (χ1n) is 11.9. The van der Waals surface area contributed by atoms with Crippen molar-refractivity contribution in [3.05, 3.63) is 36.0 Å². The highest BCUT2D eigenvalue weighted by Crippen LogP contribution is 2.19. The van der Waals surface area contributed by atoms with Crippen LogP contribution in [0.1, 0.15) is 31.2 Å². The third-order valence-electron chi connectivity index (χ3n) is 5.78. The molecule has 0 radical (unpaired) electrons. The van der Waals surface area contributed by atoms with Crippen LogP contribution in [0.25, 0.3) is 10.9 Å². The van der Waals surface area contributed by atoms with Crippen LogP contribution in [-0.2, 0) is 40.0 Å². The van der Waals surface area contributed by atoms with E-state index in [-0.39, 0.29) is 19.3 Å². The second kappa shape index (κ2) is 14.2. The van der Waals surface area contributed by atoms with Crippen molar-refractivity contribution in [3.63, 3.8) is 0 Å². The molecule has 0 saturated heterocycles. The number of carboxylic acid groups (broad SMARTS) is 3. The van der Waals surface area contributed by atoms with Crippen LogP contribution in [0.15, 0.2) is 30.5 Å². The molecule has 1 aromatic carbocycles. The maximum absolute atomic E-state index is 13.1. The summed E-state index contributed by atoms with van der Waals surface area (Å²) in [6.45, 7) is 0. The van der Waals surface area contributed by atoms with Crippen molar-refractivity contribution in [2.45, 2.75) is 56.3 Å². The summed E-state index contributed by atoms with van der Waals surface area (Å²) in [5.41, 5.74) is 11.9. The maximum atomic E-state index is 13.1. The predicted molar refractivity (Wildman–Crippen MR) is 136 cm³/mol. The molecular weight excluding hydrogens is 532 g/mol. The number of para-hydroxylation sites is 1. The summed E-state index contributed by atoms with van der Waals surface area (Å²) in [7, 11) is 0. The van der Waals surface area contributed by atoms with Crippen LogP contribution in [0.5, 0.6) is 0 Å². The van der Waals surface area contributed by atoms with Gasteiger partial charge in [0.05, 0.1) is 18.9 Å². The molecule has 11 N–H and O–H groups in total. The van der Waals surface area contributed by atoms with Crippen molar-refractivity contribution >= 4 is 52.4 Å². The highest BCUT2D eigenvalue weighted by molar-refractivity contribution is 5.96. The summed E-state index contributed by atoms with van der Waals surface area (Å²) in [6.07, 6.45) is -0.926. The third-order valence-corrected chi connectivity index (χ3v) is 5.78. The number of nitrogens with one attached hydrogen (secondary N) is 4. The molecule has 16 heteroatoms. The van der Waals surface area contributed by atoms with E-state index in [4.69, 9.17) is 16.6 Å². The molecule has 1 heterocycles. The molecule has 0 aliphatic heterocycles. The number of carbonyl (C=O) groups excluding carboxylic acids is 4. The fourth-order valence-electron chi connectivity index (χ4n) is 3.74. The number of hydrogen-bond donors (Lipinski definition) is 9. The standard InChI is InChI=1S/C24H30N6O10/c25-13(5-6-18(26)31)21(36)28-16(8-19(32)33)23(38)29-15(22(37)30-17(24(39)40)9-20(34)35)7-11-10-27-14-4-2-1-3-12(11)14/h1-4,10,13,15-17,27H,5-9,25H2,(H2,26,31)(H,28,36)(H,29,38)(H,30,37)(H,32,33)(H,34,35)(H,39,40). The number of nitrogens with two attached hydrogens (primary N) is 2. The van der Waals surface area contributed by atoms with E-state index in [2.05, 4.69) is 20.9 Å². The predicted octanol–water partition coefficient (Wildman–Crippen LogP) is -2.21. The van der Waals surface area contributed by atoms with Gasteiger partial charge in [0.25, 0.3) is 0 Å². The normalized spacial score (nSPS) is 13.8. The number of aromatic amines is 1. The second-order valence-electron chi connectivity index (χ2n) is 8.89. The summed E-state index contributed by atoms with van der Waals surface area (Å²) in [4.78, 5) is 86.5. The second-order valence-corrected chi connectivity index (χ2v) is 8.89. The van der Waals surface area contributed by atoms with Gasteiger partial charge in [-0.05, 0) is 18.1 Å². The van der Waals surface area contributed by atoms with Crippen molar-refractivity contribution in [3.8, 4) is 0 Å². The maximum Gasteiger partial charge on any atom is 0.326 e. The topological polar surface area (TPSA) is 284 Å². The molecule has 2 aromatic rings. The molecule has 0 saturated carbocycles. The lowest BCUT2D eigenvalue weighted by Gasteiger charge is -2.24. The number of carbonyl (C=O) groups is 7. The van der Waals surface area contributed by atoms with Gasteiger partial charge in [0.15, 0.2) is 0 Å². The average molecular weight is 563 g/mol. The number of hydrogen-bond acceptors (Lipinski definition) is 8. The van der Waals surface area contributed by atoms with E-state index in [1.54, 1.807) is 30.5 Å². The zero-order valence-electron chi connectivity index (χ0n) is 21.1. The first kappa shape index (κ1) is 31.2. The van der Waals surface area contributed by atoms with Crippen molar-refractivity contribution < 1.29 is 48.9 Å². The van der Waals surface area contributed by atoms with Crippen LogP contribution in [0.4, 0.5) is 0 Å². The van der Waals surface area contributed by atoms with Crippen LogP contribution in [0, 0.1) is 0 Å². The monoisotopic (exact) mass is 562 g/mol. The van der Waals surface area contributed by atoms with Gasteiger partial charge in [0.2, 0.25) is 23.6 Å². The molecule has 2 rings (SSSR count). The first-order valence-corrected chi connectivity index (χ1v) is 11.9. The molecule has 0 aliphatic carbocycles. The molecule has 4 unspecified atom stereocenters. The average Bonchev–Trinajstić information content (AvgIpc) is 3.28.